The molecule has 180 valence electrons. The molecule has 0 fully saturated rings. The van der Waals surface area contributed by atoms with Crippen LogP contribution in [-0.2, 0) is 6.67 Å². The molecule has 0 bridgehead atoms. The molecule has 4 rings (SSSR count). The van der Waals surface area contributed by atoms with Crippen LogP contribution in [0, 0.1) is 5.41 Å². The smallest absolute Gasteiger partial charge is 0.350 e. The fourth-order valence-corrected chi connectivity index (χ4v) is 3.56. The fraction of sp³-hybridized carbons (Fsp3) is 0.174. The fourth-order valence-electron chi connectivity index (χ4n) is 3.56. The van der Waals surface area contributed by atoms with Gasteiger partial charge in [-0.25, -0.2) is 19.2 Å². The van der Waals surface area contributed by atoms with Crippen LogP contribution >= 0.6 is 0 Å². The Labute approximate surface area is 199 Å². The molecule has 0 amide bonds. The zero-order valence-corrected chi connectivity index (χ0v) is 18.9. The molecular weight excluding hydrogens is 455 g/mol. The van der Waals surface area contributed by atoms with Crippen LogP contribution in [-0.4, -0.2) is 44.8 Å². The zero-order valence-electron chi connectivity index (χ0n) is 18.9. The monoisotopic (exact) mass is 478 g/mol. The number of anilines is 1. The quantitative estimate of drug-likeness (QED) is 0.211. The van der Waals surface area contributed by atoms with Crippen LogP contribution in [0.15, 0.2) is 59.7 Å². The van der Waals surface area contributed by atoms with E-state index in [4.69, 9.17) is 20.6 Å². The van der Waals surface area contributed by atoms with Crippen molar-refractivity contribution in [3.05, 3.63) is 87.9 Å². The SMILES string of the molecule is COc1cc(C(Nc2ccc(C(=N)N)cc2)c2nn(-c3ncccn3)c(=O)[nH]2)cc(CF)c1OC. The molecule has 4 aromatic rings. The Balaban J connectivity index is 1.83. The topological polar surface area (TPSA) is 157 Å². The maximum atomic E-state index is 13.9. The van der Waals surface area contributed by atoms with E-state index < -0.39 is 18.4 Å². The largest absolute Gasteiger partial charge is 0.493 e. The minimum atomic E-state index is -0.795. The van der Waals surface area contributed by atoms with Gasteiger partial charge in [0, 0.05) is 29.2 Å². The van der Waals surface area contributed by atoms with Crippen molar-refractivity contribution in [2.45, 2.75) is 12.7 Å². The maximum Gasteiger partial charge on any atom is 0.350 e. The van der Waals surface area contributed by atoms with Crippen molar-refractivity contribution in [1.82, 2.24) is 24.7 Å². The first-order valence-corrected chi connectivity index (χ1v) is 10.4. The van der Waals surface area contributed by atoms with Gasteiger partial charge in [0.2, 0.25) is 0 Å². The van der Waals surface area contributed by atoms with E-state index in [1.54, 1.807) is 42.5 Å². The van der Waals surface area contributed by atoms with Gasteiger partial charge in [0.15, 0.2) is 17.3 Å². The summed E-state index contributed by atoms with van der Waals surface area (Å²) in [5.74, 6) is 0.868. The minimum absolute atomic E-state index is 0.0634. The van der Waals surface area contributed by atoms with Gasteiger partial charge in [-0.2, -0.15) is 0 Å². The number of aromatic amines is 1. The van der Waals surface area contributed by atoms with Gasteiger partial charge >= 0.3 is 5.69 Å². The molecule has 11 nitrogen and oxygen atoms in total. The molecule has 1 atom stereocenters. The highest BCUT2D eigenvalue weighted by Crippen LogP contribution is 2.37. The van der Waals surface area contributed by atoms with Crippen LogP contribution in [0.3, 0.4) is 0 Å². The number of aromatic nitrogens is 5. The second kappa shape index (κ2) is 10.0. The number of nitrogen functional groups attached to an aromatic ring is 1. The predicted molar refractivity (Wildman–Crippen MR) is 127 cm³/mol. The summed E-state index contributed by atoms with van der Waals surface area (Å²) in [4.78, 5) is 23.6. The molecule has 0 radical (unpaired) electrons. The molecule has 1 unspecified atom stereocenters. The summed E-state index contributed by atoms with van der Waals surface area (Å²) in [5, 5.41) is 15.3. The van der Waals surface area contributed by atoms with Crippen molar-refractivity contribution in [3.8, 4) is 17.4 Å². The molecule has 5 N–H and O–H groups in total. The van der Waals surface area contributed by atoms with E-state index in [0.717, 1.165) is 4.68 Å². The van der Waals surface area contributed by atoms with Crippen LogP contribution in [0.1, 0.15) is 28.6 Å². The Morgan fingerprint density at radius 2 is 1.91 bits per heavy atom. The molecule has 0 aliphatic rings. The number of nitrogens with zero attached hydrogens (tertiary/aromatic N) is 4. The van der Waals surface area contributed by atoms with E-state index >= 15 is 0 Å². The van der Waals surface area contributed by atoms with E-state index in [1.165, 1.54) is 26.6 Å². The summed E-state index contributed by atoms with van der Waals surface area (Å²) >= 11 is 0. The third-order valence-corrected chi connectivity index (χ3v) is 5.21. The Morgan fingerprint density at radius 1 is 1.20 bits per heavy atom. The number of halogens is 1. The first-order chi connectivity index (χ1) is 16.9. The number of rotatable bonds is 9. The Bertz CT molecular complexity index is 1360. The Kier molecular flexibility index (Phi) is 6.71. The first-order valence-electron chi connectivity index (χ1n) is 10.4. The van der Waals surface area contributed by atoms with E-state index in [-0.39, 0.29) is 28.9 Å². The van der Waals surface area contributed by atoms with Gasteiger partial charge in [-0.1, -0.05) is 0 Å². The molecule has 35 heavy (non-hydrogen) atoms. The lowest BCUT2D eigenvalue weighted by atomic mass is 10.0. The van der Waals surface area contributed by atoms with Crippen LogP contribution in [0.4, 0.5) is 10.1 Å². The molecule has 2 aromatic carbocycles. The number of ether oxygens (including phenoxy) is 2. The van der Waals surface area contributed by atoms with Crippen molar-refractivity contribution in [2.75, 3.05) is 19.5 Å². The number of H-pyrrole nitrogens is 1. The normalized spacial score (nSPS) is 11.6. The van der Waals surface area contributed by atoms with Crippen molar-refractivity contribution in [2.24, 2.45) is 5.73 Å². The van der Waals surface area contributed by atoms with Gasteiger partial charge < -0.3 is 20.5 Å². The number of hydrogen-bond donors (Lipinski definition) is 4. The average Bonchev–Trinajstić information content (AvgIpc) is 3.28. The summed E-state index contributed by atoms with van der Waals surface area (Å²) in [7, 11) is 2.89. The van der Waals surface area contributed by atoms with Gasteiger partial charge in [0.25, 0.3) is 5.95 Å². The molecule has 12 heteroatoms. The third-order valence-electron chi connectivity index (χ3n) is 5.21. The number of alkyl halides is 1. The van der Waals surface area contributed by atoms with Gasteiger partial charge in [-0.3, -0.25) is 10.4 Å². The highest BCUT2D eigenvalue weighted by atomic mass is 19.1. The lowest BCUT2D eigenvalue weighted by Crippen LogP contribution is -2.18. The van der Waals surface area contributed by atoms with Gasteiger partial charge in [0.05, 0.1) is 14.2 Å². The second-order valence-corrected chi connectivity index (χ2v) is 7.39. The molecule has 0 saturated heterocycles. The summed E-state index contributed by atoms with van der Waals surface area (Å²) < 4.78 is 25.7. The number of methoxy groups -OCH3 is 2. The molecule has 2 heterocycles. The second-order valence-electron chi connectivity index (χ2n) is 7.39. The number of nitrogens with one attached hydrogen (secondary N) is 3. The maximum absolute atomic E-state index is 13.9. The summed E-state index contributed by atoms with van der Waals surface area (Å²) in [5.41, 5.74) is 7.03. The van der Waals surface area contributed by atoms with Crippen molar-refractivity contribution >= 4 is 11.5 Å². The van der Waals surface area contributed by atoms with Crippen LogP contribution in [0.5, 0.6) is 11.5 Å². The third kappa shape index (κ3) is 4.81. The minimum Gasteiger partial charge on any atom is -0.493 e. The highest BCUT2D eigenvalue weighted by molar-refractivity contribution is 5.95. The molecule has 0 spiro atoms. The number of hydrogen-bond acceptors (Lipinski definition) is 8. The standard InChI is InChI=1S/C23H23FN8O3/c1-34-17-11-14(10-15(12-24)19(17)35-2)18(29-16-6-4-13(5-7-16)20(25)26)21-30-23(33)32(31-21)22-27-8-3-9-28-22/h3-11,18,29H,12H2,1-2H3,(H3,25,26)(H,30,31,33). The molecule has 0 aliphatic carbocycles. The van der Waals surface area contributed by atoms with E-state index in [9.17, 15) is 9.18 Å². The molecule has 0 aliphatic heterocycles. The van der Waals surface area contributed by atoms with Crippen LogP contribution in [0.25, 0.3) is 5.95 Å². The Hall–Kier alpha value is -4.74. The lowest BCUT2D eigenvalue weighted by molar-refractivity contribution is 0.344. The molecule has 0 saturated carbocycles. The van der Waals surface area contributed by atoms with Crippen LogP contribution in [0.2, 0.25) is 0 Å². The summed E-state index contributed by atoms with van der Waals surface area (Å²) in [6, 6.07) is 11.0. The Morgan fingerprint density at radius 3 is 2.51 bits per heavy atom. The van der Waals surface area contributed by atoms with Gasteiger partial charge in [-0.15, -0.1) is 9.78 Å². The average molecular weight is 478 g/mol. The highest BCUT2D eigenvalue weighted by Gasteiger charge is 2.24. The number of benzene rings is 2. The van der Waals surface area contributed by atoms with Crippen molar-refractivity contribution in [3.63, 3.8) is 0 Å². The van der Waals surface area contributed by atoms with E-state index in [0.29, 0.717) is 22.6 Å². The van der Waals surface area contributed by atoms with Crippen molar-refractivity contribution < 1.29 is 13.9 Å². The summed E-state index contributed by atoms with van der Waals surface area (Å²) in [6.45, 7) is -0.795. The summed E-state index contributed by atoms with van der Waals surface area (Å²) in [6.07, 6.45) is 2.99. The van der Waals surface area contributed by atoms with Gasteiger partial charge in [-0.05, 0) is 48.0 Å². The van der Waals surface area contributed by atoms with Crippen molar-refractivity contribution in [1.29, 1.82) is 5.41 Å². The number of nitrogens with two attached hydrogens (primary N) is 1. The molecular formula is C23H23FN8O3. The van der Waals surface area contributed by atoms with E-state index in [1.807, 2.05) is 0 Å². The number of amidine groups is 1. The predicted octanol–water partition coefficient (Wildman–Crippen LogP) is 2.32. The van der Waals surface area contributed by atoms with Gasteiger partial charge in [0.1, 0.15) is 18.6 Å². The lowest BCUT2D eigenvalue weighted by Gasteiger charge is -2.21. The molecule has 2 aromatic heterocycles. The zero-order chi connectivity index (χ0) is 24.9. The van der Waals surface area contributed by atoms with Crippen LogP contribution < -0.4 is 26.2 Å². The van der Waals surface area contributed by atoms with E-state index in [2.05, 4.69) is 25.4 Å². The first kappa shape index (κ1) is 23.4.